The zero-order valence-corrected chi connectivity index (χ0v) is 9.98. The molecule has 0 aliphatic heterocycles. The predicted molar refractivity (Wildman–Crippen MR) is 62.1 cm³/mol. The van der Waals surface area contributed by atoms with Crippen LogP contribution in [0.1, 0.15) is 17.4 Å². The summed E-state index contributed by atoms with van der Waals surface area (Å²) >= 11 is 3.37. The van der Waals surface area contributed by atoms with Crippen molar-refractivity contribution in [3.05, 3.63) is 40.6 Å². The predicted octanol–water partition coefficient (Wildman–Crippen LogP) is 0.709. The first kappa shape index (κ1) is 11.2. The van der Waals surface area contributed by atoms with Crippen molar-refractivity contribution in [2.75, 3.05) is 0 Å². The average Bonchev–Trinajstić information content (AvgIpc) is 2.79. The van der Waals surface area contributed by atoms with E-state index in [-0.39, 0.29) is 6.04 Å². The standard InChI is InChI=1S/C9H11BrN6/c10-7-1-6(3-12-4-7)2-8(15-11)9-13-5-14-16-9/h1,3-5,8,15H,2,11H2,(H,13,14,16). The molecule has 1 unspecified atom stereocenters. The van der Waals surface area contributed by atoms with Crippen molar-refractivity contribution >= 4 is 15.9 Å². The van der Waals surface area contributed by atoms with E-state index in [0.29, 0.717) is 12.2 Å². The van der Waals surface area contributed by atoms with E-state index in [0.717, 1.165) is 10.0 Å². The third-order valence-corrected chi connectivity index (χ3v) is 2.60. The fraction of sp³-hybridized carbons (Fsp3) is 0.222. The first-order valence-corrected chi connectivity index (χ1v) is 5.49. The number of nitrogens with one attached hydrogen (secondary N) is 2. The second-order valence-corrected chi connectivity index (χ2v) is 4.22. The Bertz CT molecular complexity index is 443. The molecule has 0 saturated carbocycles. The molecule has 0 radical (unpaired) electrons. The fourth-order valence-electron chi connectivity index (χ4n) is 1.42. The van der Waals surface area contributed by atoms with Gasteiger partial charge in [0.05, 0.1) is 6.04 Å². The van der Waals surface area contributed by atoms with Gasteiger partial charge in [0.2, 0.25) is 0 Å². The van der Waals surface area contributed by atoms with Gasteiger partial charge >= 0.3 is 0 Å². The van der Waals surface area contributed by atoms with Gasteiger partial charge in [0.1, 0.15) is 12.2 Å². The van der Waals surface area contributed by atoms with Crippen molar-refractivity contribution in [3.63, 3.8) is 0 Å². The van der Waals surface area contributed by atoms with Gasteiger partial charge in [-0.1, -0.05) is 0 Å². The smallest absolute Gasteiger partial charge is 0.143 e. The number of H-pyrrole nitrogens is 1. The summed E-state index contributed by atoms with van der Waals surface area (Å²) in [6.45, 7) is 0. The molecule has 1 atom stereocenters. The molecule has 2 rings (SSSR count). The van der Waals surface area contributed by atoms with E-state index in [4.69, 9.17) is 5.84 Å². The molecule has 0 fully saturated rings. The monoisotopic (exact) mass is 282 g/mol. The number of halogens is 1. The molecule has 2 aromatic heterocycles. The first-order valence-electron chi connectivity index (χ1n) is 4.70. The zero-order valence-electron chi connectivity index (χ0n) is 8.39. The first-order chi connectivity index (χ1) is 7.79. The molecule has 0 amide bonds. The molecule has 6 nitrogen and oxygen atoms in total. The van der Waals surface area contributed by atoms with Crippen LogP contribution < -0.4 is 11.3 Å². The van der Waals surface area contributed by atoms with Gasteiger partial charge in [-0.3, -0.25) is 15.9 Å². The van der Waals surface area contributed by atoms with Crippen LogP contribution in [0.4, 0.5) is 0 Å². The van der Waals surface area contributed by atoms with E-state index in [1.165, 1.54) is 6.33 Å². The maximum atomic E-state index is 5.48. The SMILES string of the molecule is NNC(Cc1cncc(Br)c1)c1ncn[nH]1. The second kappa shape index (κ2) is 5.15. The highest BCUT2D eigenvalue weighted by Gasteiger charge is 2.13. The third kappa shape index (κ3) is 2.63. The van der Waals surface area contributed by atoms with Crippen LogP contribution in [0.25, 0.3) is 0 Å². The Balaban J connectivity index is 2.13. The molecule has 2 heterocycles. The number of hydrogen-bond acceptors (Lipinski definition) is 5. The van der Waals surface area contributed by atoms with E-state index < -0.39 is 0 Å². The summed E-state index contributed by atoms with van der Waals surface area (Å²) in [4.78, 5) is 8.16. The topological polar surface area (TPSA) is 92.5 Å². The lowest BCUT2D eigenvalue weighted by atomic mass is 10.1. The minimum Gasteiger partial charge on any atom is -0.271 e. The van der Waals surface area contributed by atoms with Crippen LogP contribution in [-0.2, 0) is 6.42 Å². The normalized spacial score (nSPS) is 12.6. The summed E-state index contributed by atoms with van der Waals surface area (Å²) in [5, 5.41) is 6.58. The lowest BCUT2D eigenvalue weighted by Gasteiger charge is -2.12. The molecule has 0 aliphatic carbocycles. The van der Waals surface area contributed by atoms with Crippen molar-refractivity contribution in [3.8, 4) is 0 Å². The van der Waals surface area contributed by atoms with Gasteiger partial charge in [-0.25, -0.2) is 10.4 Å². The summed E-state index contributed by atoms with van der Waals surface area (Å²) < 4.78 is 0.943. The van der Waals surface area contributed by atoms with Crippen LogP contribution in [0.2, 0.25) is 0 Å². The molecule has 0 aliphatic rings. The van der Waals surface area contributed by atoms with E-state index in [2.05, 4.69) is 41.5 Å². The minimum absolute atomic E-state index is 0.0985. The van der Waals surface area contributed by atoms with Crippen LogP contribution in [0.3, 0.4) is 0 Å². The zero-order chi connectivity index (χ0) is 11.4. The van der Waals surface area contributed by atoms with Gasteiger partial charge in [0, 0.05) is 16.9 Å². The Morgan fingerprint density at radius 1 is 1.50 bits per heavy atom. The Labute approximate surface area is 101 Å². The minimum atomic E-state index is -0.0985. The molecule has 0 spiro atoms. The highest BCUT2D eigenvalue weighted by Crippen LogP contribution is 2.16. The summed E-state index contributed by atoms with van der Waals surface area (Å²) in [5.74, 6) is 6.19. The summed E-state index contributed by atoms with van der Waals surface area (Å²) in [5.41, 5.74) is 3.76. The maximum absolute atomic E-state index is 5.48. The molecule has 0 saturated heterocycles. The molecule has 0 aromatic carbocycles. The molecule has 4 N–H and O–H groups in total. The number of pyridine rings is 1. The number of aromatic nitrogens is 4. The van der Waals surface area contributed by atoms with Crippen molar-refractivity contribution in [2.45, 2.75) is 12.5 Å². The Hall–Kier alpha value is -1.31. The quantitative estimate of drug-likeness (QED) is 0.567. The van der Waals surface area contributed by atoms with Gasteiger partial charge in [0.15, 0.2) is 0 Å². The van der Waals surface area contributed by atoms with Gasteiger partial charge in [-0.05, 0) is 34.0 Å². The highest BCUT2D eigenvalue weighted by atomic mass is 79.9. The van der Waals surface area contributed by atoms with Crippen molar-refractivity contribution in [2.24, 2.45) is 5.84 Å². The summed E-state index contributed by atoms with van der Waals surface area (Å²) in [6, 6.07) is 1.90. The summed E-state index contributed by atoms with van der Waals surface area (Å²) in [6.07, 6.45) is 5.69. The number of rotatable bonds is 4. The molecule has 7 heteroatoms. The summed E-state index contributed by atoms with van der Waals surface area (Å²) in [7, 11) is 0. The van der Waals surface area contributed by atoms with E-state index in [1.54, 1.807) is 12.4 Å². The number of aromatic amines is 1. The van der Waals surface area contributed by atoms with E-state index in [1.807, 2.05) is 6.07 Å². The van der Waals surface area contributed by atoms with Gasteiger partial charge < -0.3 is 0 Å². The molecule has 16 heavy (non-hydrogen) atoms. The number of hydrazine groups is 1. The Kier molecular flexibility index (Phi) is 3.60. The van der Waals surface area contributed by atoms with Crippen LogP contribution in [0.15, 0.2) is 29.3 Å². The number of nitrogens with two attached hydrogens (primary N) is 1. The average molecular weight is 283 g/mol. The largest absolute Gasteiger partial charge is 0.271 e. The van der Waals surface area contributed by atoms with Crippen LogP contribution in [0, 0.1) is 0 Å². The highest BCUT2D eigenvalue weighted by molar-refractivity contribution is 9.10. The third-order valence-electron chi connectivity index (χ3n) is 2.17. The van der Waals surface area contributed by atoms with E-state index in [9.17, 15) is 0 Å². The lowest BCUT2D eigenvalue weighted by Crippen LogP contribution is -2.30. The molecule has 0 bridgehead atoms. The second-order valence-electron chi connectivity index (χ2n) is 3.31. The fourth-order valence-corrected chi connectivity index (χ4v) is 1.83. The Morgan fingerprint density at radius 2 is 2.38 bits per heavy atom. The van der Waals surface area contributed by atoms with Gasteiger partial charge in [-0.2, -0.15) is 5.10 Å². The van der Waals surface area contributed by atoms with Crippen molar-refractivity contribution in [1.82, 2.24) is 25.6 Å². The molecule has 2 aromatic rings. The van der Waals surface area contributed by atoms with Crippen molar-refractivity contribution < 1.29 is 0 Å². The van der Waals surface area contributed by atoms with Gasteiger partial charge in [-0.15, -0.1) is 0 Å². The molecular weight excluding hydrogens is 272 g/mol. The van der Waals surface area contributed by atoms with Gasteiger partial charge in [0.25, 0.3) is 0 Å². The van der Waals surface area contributed by atoms with Crippen molar-refractivity contribution in [1.29, 1.82) is 0 Å². The lowest BCUT2D eigenvalue weighted by molar-refractivity contribution is 0.524. The molecular formula is C9H11BrN6. The number of hydrogen-bond donors (Lipinski definition) is 3. The maximum Gasteiger partial charge on any atom is 0.143 e. The van der Waals surface area contributed by atoms with E-state index >= 15 is 0 Å². The number of nitrogens with zero attached hydrogens (tertiary/aromatic N) is 3. The van der Waals surface area contributed by atoms with Crippen LogP contribution in [-0.4, -0.2) is 20.2 Å². The Morgan fingerprint density at radius 3 is 3.00 bits per heavy atom. The molecule has 84 valence electrons. The van der Waals surface area contributed by atoms with Crippen LogP contribution in [0.5, 0.6) is 0 Å². The van der Waals surface area contributed by atoms with Crippen LogP contribution >= 0.6 is 15.9 Å².